The molecule has 9 heavy (non-hydrogen) atoms. The number of amidine groups is 1. The van der Waals surface area contributed by atoms with Gasteiger partial charge in [0.25, 0.3) is 0 Å². The minimum absolute atomic E-state index is 0.311. The molecule has 0 aliphatic rings. The highest BCUT2D eigenvalue weighted by molar-refractivity contribution is 5.90. The van der Waals surface area contributed by atoms with Crippen molar-refractivity contribution in [2.75, 3.05) is 0 Å². The first-order valence-corrected chi connectivity index (χ1v) is 2.98. The van der Waals surface area contributed by atoms with Gasteiger partial charge in [-0.15, -0.1) is 0 Å². The van der Waals surface area contributed by atoms with Crippen LogP contribution in [0.5, 0.6) is 0 Å². The van der Waals surface area contributed by atoms with Gasteiger partial charge in [0.15, 0.2) is 0 Å². The van der Waals surface area contributed by atoms with Crippen LogP contribution in [0, 0.1) is 5.92 Å². The highest BCUT2D eigenvalue weighted by Crippen LogP contribution is 1.95. The van der Waals surface area contributed by atoms with Gasteiger partial charge in [-0.05, 0) is 6.92 Å². The van der Waals surface area contributed by atoms with Crippen LogP contribution >= 0.6 is 0 Å². The van der Waals surface area contributed by atoms with Crippen molar-refractivity contribution in [3.63, 3.8) is 0 Å². The lowest BCUT2D eigenvalue weighted by Gasteiger charge is -1.99. The third-order valence-corrected chi connectivity index (χ3v) is 0.910. The van der Waals surface area contributed by atoms with Gasteiger partial charge < -0.3 is 5.84 Å². The zero-order valence-corrected chi connectivity index (χ0v) is 6.13. The van der Waals surface area contributed by atoms with Gasteiger partial charge in [0.2, 0.25) is 0 Å². The molecular formula is C6H13N3. The first kappa shape index (κ1) is 8.14. The van der Waals surface area contributed by atoms with E-state index < -0.39 is 0 Å². The van der Waals surface area contributed by atoms with Crippen LogP contribution < -0.4 is 5.84 Å². The van der Waals surface area contributed by atoms with Crippen LogP contribution in [0.15, 0.2) is 10.1 Å². The van der Waals surface area contributed by atoms with Crippen molar-refractivity contribution in [2.24, 2.45) is 21.9 Å². The molecule has 52 valence electrons. The molecule has 0 radical (unpaired) electrons. The summed E-state index contributed by atoms with van der Waals surface area (Å²) < 4.78 is 0. The zero-order chi connectivity index (χ0) is 7.28. The molecule has 0 rings (SSSR count). The van der Waals surface area contributed by atoms with Gasteiger partial charge in [-0.25, -0.2) is 4.99 Å². The maximum Gasteiger partial charge on any atom is 0.149 e. The van der Waals surface area contributed by atoms with E-state index in [1.807, 2.05) is 20.8 Å². The normalized spacial score (nSPS) is 13.6. The average molecular weight is 127 g/mol. The van der Waals surface area contributed by atoms with E-state index in [1.54, 1.807) is 6.21 Å². The van der Waals surface area contributed by atoms with Gasteiger partial charge in [-0.3, -0.25) is 0 Å². The van der Waals surface area contributed by atoms with Crippen molar-refractivity contribution >= 4 is 12.1 Å². The van der Waals surface area contributed by atoms with Crippen LogP contribution in [0.1, 0.15) is 20.8 Å². The molecular weight excluding hydrogens is 114 g/mol. The predicted octanol–water partition coefficient (Wildman–Crippen LogP) is 1.01. The SMILES string of the molecule is C/C=N\C(=N/N)C(C)C. The van der Waals surface area contributed by atoms with E-state index in [4.69, 9.17) is 5.84 Å². The standard InChI is InChI=1S/C6H13N3/c1-4-8-6(9-7)5(2)3/h4-5H,7H2,1-3H3/b8-4-,9-6-. The van der Waals surface area contributed by atoms with Crippen LogP contribution in [-0.4, -0.2) is 12.1 Å². The molecule has 2 N–H and O–H groups in total. The molecule has 3 heteroatoms. The minimum atomic E-state index is 0.311. The number of hydrogen-bond acceptors (Lipinski definition) is 2. The zero-order valence-electron chi connectivity index (χ0n) is 6.13. The van der Waals surface area contributed by atoms with Crippen molar-refractivity contribution in [2.45, 2.75) is 20.8 Å². The van der Waals surface area contributed by atoms with Gasteiger partial charge in [0.1, 0.15) is 5.84 Å². The van der Waals surface area contributed by atoms with Crippen molar-refractivity contribution < 1.29 is 0 Å². The summed E-state index contributed by atoms with van der Waals surface area (Å²) in [6.07, 6.45) is 1.69. The molecule has 0 atom stereocenters. The van der Waals surface area contributed by atoms with Gasteiger partial charge in [0, 0.05) is 12.1 Å². The number of rotatable bonds is 1. The number of hydrazone groups is 1. The van der Waals surface area contributed by atoms with E-state index in [2.05, 4.69) is 10.1 Å². The van der Waals surface area contributed by atoms with E-state index in [9.17, 15) is 0 Å². The van der Waals surface area contributed by atoms with E-state index in [-0.39, 0.29) is 0 Å². The van der Waals surface area contributed by atoms with E-state index in [0.29, 0.717) is 11.8 Å². The first-order chi connectivity index (χ1) is 4.22. The van der Waals surface area contributed by atoms with Crippen LogP contribution in [0.4, 0.5) is 0 Å². The first-order valence-electron chi connectivity index (χ1n) is 2.98. The molecule has 0 saturated carbocycles. The average Bonchev–Trinajstić information content (AvgIpc) is 1.82. The molecule has 0 amide bonds. The lowest BCUT2D eigenvalue weighted by Crippen LogP contribution is -2.06. The molecule has 0 fully saturated rings. The molecule has 0 aromatic rings. The molecule has 0 bridgehead atoms. The predicted molar refractivity (Wildman–Crippen MR) is 40.6 cm³/mol. The summed E-state index contributed by atoms with van der Waals surface area (Å²) in [5.74, 6) is 6.04. The largest absolute Gasteiger partial charge is 0.322 e. The van der Waals surface area contributed by atoms with E-state index >= 15 is 0 Å². The van der Waals surface area contributed by atoms with Crippen molar-refractivity contribution in [3.05, 3.63) is 0 Å². The van der Waals surface area contributed by atoms with E-state index in [0.717, 1.165) is 0 Å². The number of nitrogens with zero attached hydrogens (tertiary/aromatic N) is 2. The summed E-state index contributed by atoms with van der Waals surface area (Å²) in [4.78, 5) is 3.94. The highest BCUT2D eigenvalue weighted by atomic mass is 15.2. The van der Waals surface area contributed by atoms with Gasteiger partial charge in [-0.1, -0.05) is 13.8 Å². The summed E-state index contributed by atoms with van der Waals surface area (Å²) in [7, 11) is 0. The smallest absolute Gasteiger partial charge is 0.149 e. The second-order valence-electron chi connectivity index (χ2n) is 2.03. The number of nitrogens with two attached hydrogens (primary N) is 1. The summed E-state index contributed by atoms with van der Waals surface area (Å²) >= 11 is 0. The molecule has 0 spiro atoms. The van der Waals surface area contributed by atoms with Crippen LogP contribution in [0.3, 0.4) is 0 Å². The molecule has 0 saturated heterocycles. The van der Waals surface area contributed by atoms with E-state index in [1.165, 1.54) is 0 Å². The quantitative estimate of drug-likeness (QED) is 0.243. The Morgan fingerprint density at radius 2 is 2.11 bits per heavy atom. The Balaban J connectivity index is 4.01. The fourth-order valence-electron chi connectivity index (χ4n) is 0.464. The number of aliphatic imine (C=N–C) groups is 1. The summed E-state index contributed by atoms with van der Waals surface area (Å²) in [5.41, 5.74) is 0. The summed E-state index contributed by atoms with van der Waals surface area (Å²) in [6.45, 7) is 5.84. The Bertz CT molecular complexity index is 124. The minimum Gasteiger partial charge on any atom is -0.322 e. The molecule has 0 aliphatic carbocycles. The van der Waals surface area contributed by atoms with Gasteiger partial charge in [-0.2, -0.15) is 5.10 Å². The fourth-order valence-corrected chi connectivity index (χ4v) is 0.464. The topological polar surface area (TPSA) is 50.7 Å². The second-order valence-corrected chi connectivity index (χ2v) is 2.03. The third kappa shape index (κ3) is 2.85. The molecule has 0 aliphatic heterocycles. The van der Waals surface area contributed by atoms with Crippen LogP contribution in [-0.2, 0) is 0 Å². The second kappa shape index (κ2) is 4.06. The third-order valence-electron chi connectivity index (χ3n) is 0.910. The van der Waals surface area contributed by atoms with Gasteiger partial charge >= 0.3 is 0 Å². The Morgan fingerprint density at radius 1 is 1.56 bits per heavy atom. The Morgan fingerprint density at radius 3 is 2.22 bits per heavy atom. The molecule has 0 aromatic heterocycles. The molecule has 0 aromatic carbocycles. The lowest BCUT2D eigenvalue weighted by atomic mass is 10.2. The summed E-state index contributed by atoms with van der Waals surface area (Å²) in [5, 5.41) is 3.50. The number of hydrogen-bond donors (Lipinski definition) is 1. The fraction of sp³-hybridized carbons (Fsp3) is 0.667. The summed E-state index contributed by atoms with van der Waals surface area (Å²) in [6, 6.07) is 0. The Hall–Kier alpha value is -0.860. The van der Waals surface area contributed by atoms with Crippen molar-refractivity contribution in [1.29, 1.82) is 0 Å². The molecule has 0 unspecified atom stereocenters. The van der Waals surface area contributed by atoms with Crippen LogP contribution in [0.25, 0.3) is 0 Å². The Kier molecular flexibility index (Phi) is 3.67. The van der Waals surface area contributed by atoms with Crippen molar-refractivity contribution in [1.82, 2.24) is 0 Å². The highest BCUT2D eigenvalue weighted by Gasteiger charge is 1.99. The molecule has 0 heterocycles. The maximum atomic E-state index is 5.03. The van der Waals surface area contributed by atoms with Gasteiger partial charge in [0.05, 0.1) is 0 Å². The molecule has 3 nitrogen and oxygen atoms in total. The Labute approximate surface area is 55.7 Å². The van der Waals surface area contributed by atoms with Crippen molar-refractivity contribution in [3.8, 4) is 0 Å². The monoisotopic (exact) mass is 127 g/mol. The lowest BCUT2D eigenvalue weighted by molar-refractivity contribution is 0.864. The maximum absolute atomic E-state index is 5.03. The van der Waals surface area contributed by atoms with Crippen LogP contribution in [0.2, 0.25) is 0 Å².